The van der Waals surface area contributed by atoms with Crippen LogP contribution in [0.2, 0.25) is 0 Å². The van der Waals surface area contributed by atoms with E-state index in [0.29, 0.717) is 5.56 Å². The second-order valence-corrected chi connectivity index (χ2v) is 3.40. The Kier molecular flexibility index (Phi) is 3.36. The number of benzene rings is 1. The van der Waals surface area contributed by atoms with Crippen LogP contribution in [0, 0.1) is 12.7 Å². The lowest BCUT2D eigenvalue weighted by molar-refractivity contribution is -0.0713. The topological polar surface area (TPSA) is 46.2 Å². The SMILES string of the molecule is Cc1cc(F)ccc1[C@H](N)C(F)(F)CO. The van der Waals surface area contributed by atoms with Crippen LogP contribution in [0.1, 0.15) is 17.2 Å². The van der Waals surface area contributed by atoms with Gasteiger partial charge in [-0.15, -0.1) is 0 Å². The highest BCUT2D eigenvalue weighted by Crippen LogP contribution is 2.30. The van der Waals surface area contributed by atoms with E-state index in [-0.39, 0.29) is 5.56 Å². The first-order valence-corrected chi connectivity index (χ1v) is 4.39. The number of hydrogen-bond donors (Lipinski definition) is 2. The van der Waals surface area contributed by atoms with Crippen molar-refractivity contribution in [2.75, 3.05) is 6.61 Å². The fourth-order valence-corrected chi connectivity index (χ4v) is 1.31. The van der Waals surface area contributed by atoms with E-state index in [9.17, 15) is 13.2 Å². The number of aryl methyl sites for hydroxylation is 1. The lowest BCUT2D eigenvalue weighted by Gasteiger charge is -2.23. The molecule has 0 spiro atoms. The van der Waals surface area contributed by atoms with E-state index in [1.165, 1.54) is 13.0 Å². The predicted octanol–water partition coefficient (Wildman–Crippen LogP) is 1.76. The van der Waals surface area contributed by atoms with Gasteiger partial charge in [-0.25, -0.2) is 13.2 Å². The summed E-state index contributed by atoms with van der Waals surface area (Å²) in [6.07, 6.45) is 0. The minimum atomic E-state index is -3.40. The Hall–Kier alpha value is -1.07. The third-order valence-electron chi connectivity index (χ3n) is 2.23. The molecule has 0 radical (unpaired) electrons. The van der Waals surface area contributed by atoms with Gasteiger partial charge in [0.2, 0.25) is 0 Å². The van der Waals surface area contributed by atoms with Crippen LogP contribution >= 0.6 is 0 Å². The van der Waals surface area contributed by atoms with Crippen LogP contribution in [0.4, 0.5) is 13.2 Å². The van der Waals surface area contributed by atoms with E-state index in [4.69, 9.17) is 10.8 Å². The molecule has 0 saturated heterocycles. The average molecular weight is 219 g/mol. The number of aliphatic hydroxyl groups is 1. The molecule has 0 fully saturated rings. The second kappa shape index (κ2) is 4.20. The van der Waals surface area contributed by atoms with Crippen LogP contribution in [0.5, 0.6) is 0 Å². The normalized spacial score (nSPS) is 14.0. The van der Waals surface area contributed by atoms with Crippen molar-refractivity contribution in [2.45, 2.75) is 18.9 Å². The number of hydrogen-bond acceptors (Lipinski definition) is 2. The van der Waals surface area contributed by atoms with Crippen molar-refractivity contribution in [1.29, 1.82) is 0 Å². The third kappa shape index (κ3) is 2.49. The van der Waals surface area contributed by atoms with Gasteiger partial charge in [-0.3, -0.25) is 0 Å². The smallest absolute Gasteiger partial charge is 0.289 e. The molecule has 0 unspecified atom stereocenters. The number of rotatable bonds is 3. The van der Waals surface area contributed by atoms with Crippen molar-refractivity contribution in [3.05, 3.63) is 35.1 Å². The first kappa shape index (κ1) is 12.0. The first-order chi connectivity index (χ1) is 6.88. The standard InChI is InChI=1S/C10H12F3NO/c1-6-4-7(11)2-3-8(6)9(14)10(12,13)5-15/h2-4,9,15H,5,14H2,1H3/t9-/m0/s1. The Bertz CT molecular complexity index is 355. The molecule has 1 aromatic rings. The number of alkyl halides is 2. The minimum absolute atomic E-state index is 0.135. The number of aliphatic hydroxyl groups excluding tert-OH is 1. The fourth-order valence-electron chi connectivity index (χ4n) is 1.31. The van der Waals surface area contributed by atoms with Crippen molar-refractivity contribution in [3.63, 3.8) is 0 Å². The van der Waals surface area contributed by atoms with Gasteiger partial charge in [0.05, 0.1) is 6.04 Å². The molecule has 2 nitrogen and oxygen atoms in total. The summed E-state index contributed by atoms with van der Waals surface area (Å²) in [5.74, 6) is -3.90. The maximum Gasteiger partial charge on any atom is 0.289 e. The van der Waals surface area contributed by atoms with E-state index in [1.54, 1.807) is 0 Å². The van der Waals surface area contributed by atoms with Crippen molar-refractivity contribution in [2.24, 2.45) is 5.73 Å². The van der Waals surface area contributed by atoms with Crippen LogP contribution < -0.4 is 5.73 Å². The van der Waals surface area contributed by atoms with E-state index in [0.717, 1.165) is 12.1 Å². The second-order valence-electron chi connectivity index (χ2n) is 3.40. The fraction of sp³-hybridized carbons (Fsp3) is 0.400. The van der Waals surface area contributed by atoms with E-state index in [2.05, 4.69) is 0 Å². The molecule has 1 atom stereocenters. The molecule has 0 saturated carbocycles. The highest BCUT2D eigenvalue weighted by molar-refractivity contribution is 5.30. The van der Waals surface area contributed by atoms with E-state index in [1.807, 2.05) is 0 Å². The van der Waals surface area contributed by atoms with Gasteiger partial charge in [0.25, 0.3) is 5.92 Å². The molecule has 0 aliphatic carbocycles. The monoisotopic (exact) mass is 219 g/mol. The molecule has 5 heteroatoms. The molecule has 0 heterocycles. The zero-order chi connectivity index (χ0) is 11.6. The molecule has 0 aliphatic heterocycles. The molecule has 15 heavy (non-hydrogen) atoms. The van der Waals surface area contributed by atoms with E-state index >= 15 is 0 Å². The third-order valence-corrected chi connectivity index (χ3v) is 2.23. The quantitative estimate of drug-likeness (QED) is 0.813. The molecule has 0 bridgehead atoms. The summed E-state index contributed by atoms with van der Waals surface area (Å²) in [6.45, 7) is 0.163. The summed E-state index contributed by atoms with van der Waals surface area (Å²) in [5.41, 5.74) is 5.78. The first-order valence-electron chi connectivity index (χ1n) is 4.39. The summed E-state index contributed by atoms with van der Waals surface area (Å²) in [4.78, 5) is 0. The Morgan fingerprint density at radius 1 is 1.47 bits per heavy atom. The Labute approximate surface area is 85.5 Å². The van der Waals surface area contributed by atoms with Crippen LogP contribution in [-0.2, 0) is 0 Å². The van der Waals surface area contributed by atoms with Crippen LogP contribution in [-0.4, -0.2) is 17.6 Å². The molecule has 0 amide bonds. The van der Waals surface area contributed by atoms with Crippen molar-refractivity contribution >= 4 is 0 Å². The predicted molar refractivity (Wildman–Crippen MR) is 50.1 cm³/mol. The highest BCUT2D eigenvalue weighted by Gasteiger charge is 2.37. The number of halogens is 3. The van der Waals surface area contributed by atoms with Crippen LogP contribution in [0.3, 0.4) is 0 Å². The van der Waals surface area contributed by atoms with Gasteiger partial charge < -0.3 is 10.8 Å². The zero-order valence-electron chi connectivity index (χ0n) is 8.17. The average Bonchev–Trinajstić information content (AvgIpc) is 2.17. The van der Waals surface area contributed by atoms with Crippen LogP contribution in [0.25, 0.3) is 0 Å². The molecule has 1 aromatic carbocycles. The molecule has 84 valence electrons. The summed E-state index contributed by atoms with van der Waals surface area (Å²) in [5, 5.41) is 8.47. The Balaban J connectivity index is 3.06. The number of nitrogens with two attached hydrogens (primary N) is 1. The minimum Gasteiger partial charge on any atom is -0.390 e. The van der Waals surface area contributed by atoms with Gasteiger partial charge in [0, 0.05) is 0 Å². The zero-order valence-corrected chi connectivity index (χ0v) is 8.17. The van der Waals surface area contributed by atoms with Crippen molar-refractivity contribution in [1.82, 2.24) is 0 Å². The summed E-state index contributed by atoms with van der Waals surface area (Å²) in [7, 11) is 0. The maximum atomic E-state index is 13.0. The summed E-state index contributed by atoms with van der Waals surface area (Å²) >= 11 is 0. The van der Waals surface area contributed by atoms with Gasteiger partial charge >= 0.3 is 0 Å². The van der Waals surface area contributed by atoms with Gasteiger partial charge in [-0.1, -0.05) is 6.07 Å². The lowest BCUT2D eigenvalue weighted by Crippen LogP contribution is -2.36. The molecular formula is C10H12F3NO. The van der Waals surface area contributed by atoms with Gasteiger partial charge in [0.1, 0.15) is 12.4 Å². The summed E-state index contributed by atoms with van der Waals surface area (Å²) in [6, 6.07) is 1.78. The molecule has 0 aromatic heterocycles. The van der Waals surface area contributed by atoms with Crippen LogP contribution in [0.15, 0.2) is 18.2 Å². The molecular weight excluding hydrogens is 207 g/mol. The highest BCUT2D eigenvalue weighted by atomic mass is 19.3. The van der Waals surface area contributed by atoms with Gasteiger partial charge in [-0.05, 0) is 30.2 Å². The Morgan fingerprint density at radius 3 is 2.53 bits per heavy atom. The molecule has 3 N–H and O–H groups in total. The molecule has 0 aliphatic rings. The Morgan fingerprint density at radius 2 is 2.07 bits per heavy atom. The van der Waals surface area contributed by atoms with Crippen molar-refractivity contribution < 1.29 is 18.3 Å². The maximum absolute atomic E-state index is 13.0. The van der Waals surface area contributed by atoms with Gasteiger partial charge in [0.15, 0.2) is 0 Å². The molecule has 1 rings (SSSR count). The lowest BCUT2D eigenvalue weighted by atomic mass is 9.97. The van der Waals surface area contributed by atoms with E-state index < -0.39 is 24.4 Å². The van der Waals surface area contributed by atoms with Crippen molar-refractivity contribution in [3.8, 4) is 0 Å². The summed E-state index contributed by atoms with van der Waals surface area (Å²) < 4.78 is 38.8. The largest absolute Gasteiger partial charge is 0.390 e. The van der Waals surface area contributed by atoms with Gasteiger partial charge in [-0.2, -0.15) is 0 Å².